The second-order valence-corrected chi connectivity index (χ2v) is 8.18. The van der Waals surface area contributed by atoms with E-state index in [4.69, 9.17) is 20.6 Å². The van der Waals surface area contributed by atoms with Crippen LogP contribution in [0.5, 0.6) is 11.5 Å². The fraction of sp³-hybridized carbons (Fsp3) is 0.300. The molecule has 0 bridgehead atoms. The summed E-state index contributed by atoms with van der Waals surface area (Å²) < 4.78 is 37.5. The molecular formula is C20H27ClN4O5S. The van der Waals surface area contributed by atoms with Gasteiger partial charge in [-0.15, -0.1) is 12.4 Å². The maximum atomic E-state index is 12.3. The molecule has 0 aliphatic rings. The van der Waals surface area contributed by atoms with Gasteiger partial charge in [0.1, 0.15) is 5.84 Å². The lowest BCUT2D eigenvalue weighted by Gasteiger charge is -2.11. The molecule has 170 valence electrons. The van der Waals surface area contributed by atoms with Crippen LogP contribution in [0.4, 0.5) is 0 Å². The molecule has 5 N–H and O–H groups in total. The van der Waals surface area contributed by atoms with Gasteiger partial charge in [-0.3, -0.25) is 10.2 Å². The molecule has 2 aromatic rings. The Balaban J connectivity index is 0.00000480. The third-order valence-electron chi connectivity index (χ3n) is 4.27. The smallest absolute Gasteiger partial charge is 0.240 e. The number of ether oxygens (including phenoxy) is 2. The first-order valence-corrected chi connectivity index (χ1v) is 10.7. The van der Waals surface area contributed by atoms with Crippen molar-refractivity contribution in [2.75, 3.05) is 20.8 Å². The molecule has 2 rings (SSSR count). The number of carbonyl (C=O) groups is 1. The Bertz CT molecular complexity index is 1010. The van der Waals surface area contributed by atoms with Crippen LogP contribution in [0.3, 0.4) is 0 Å². The highest BCUT2D eigenvalue weighted by atomic mass is 35.5. The van der Waals surface area contributed by atoms with Crippen molar-refractivity contribution in [1.29, 1.82) is 5.41 Å². The van der Waals surface area contributed by atoms with E-state index in [0.717, 1.165) is 5.56 Å². The minimum atomic E-state index is -3.74. The minimum Gasteiger partial charge on any atom is -0.493 e. The van der Waals surface area contributed by atoms with Gasteiger partial charge in [0.25, 0.3) is 0 Å². The molecule has 31 heavy (non-hydrogen) atoms. The molecule has 0 spiro atoms. The van der Waals surface area contributed by atoms with Crippen molar-refractivity contribution in [3.05, 3.63) is 53.6 Å². The molecule has 0 unspecified atom stereocenters. The molecule has 0 radical (unpaired) electrons. The second kappa shape index (κ2) is 12.1. The summed E-state index contributed by atoms with van der Waals surface area (Å²) in [6, 6.07) is 11.2. The molecule has 0 atom stereocenters. The number of rotatable bonds is 11. The quantitative estimate of drug-likeness (QED) is 0.224. The average molecular weight is 471 g/mol. The largest absolute Gasteiger partial charge is 0.493 e. The minimum absolute atomic E-state index is 0. The maximum absolute atomic E-state index is 12.3. The molecule has 0 heterocycles. The lowest BCUT2D eigenvalue weighted by Crippen LogP contribution is -2.27. The first-order valence-electron chi connectivity index (χ1n) is 9.18. The summed E-state index contributed by atoms with van der Waals surface area (Å²) in [7, 11) is -0.655. The Morgan fingerprint density at radius 3 is 2.45 bits per heavy atom. The number of amides is 1. The predicted octanol–water partition coefficient (Wildman–Crippen LogP) is 1.78. The molecule has 0 aromatic heterocycles. The standard InChI is InChI=1S/C20H26N4O5S.ClH/c1-28-17-9-8-14(11-18(17)29-2)13-23-19(25)7-4-10-24-30(26,27)16-6-3-5-15(12-16)20(21)22;/h3,5-6,8-9,11-12,24H,4,7,10,13H2,1-2H3,(H3,21,22)(H,23,25);1H. The number of halogens is 1. The first kappa shape index (κ1) is 26.2. The number of methoxy groups -OCH3 is 2. The Hall–Kier alpha value is -2.82. The summed E-state index contributed by atoms with van der Waals surface area (Å²) in [4.78, 5) is 12.0. The fourth-order valence-corrected chi connectivity index (χ4v) is 3.77. The summed E-state index contributed by atoms with van der Waals surface area (Å²) in [6.45, 7) is 0.430. The van der Waals surface area contributed by atoms with Crippen molar-refractivity contribution in [1.82, 2.24) is 10.0 Å². The SMILES string of the molecule is COc1ccc(CNC(=O)CCCNS(=O)(=O)c2cccc(C(=N)N)c2)cc1OC.Cl. The van der Waals surface area contributed by atoms with Crippen LogP contribution in [0.1, 0.15) is 24.0 Å². The van der Waals surface area contributed by atoms with Gasteiger partial charge < -0.3 is 20.5 Å². The predicted molar refractivity (Wildman–Crippen MR) is 121 cm³/mol. The van der Waals surface area contributed by atoms with Gasteiger partial charge in [-0.25, -0.2) is 13.1 Å². The Morgan fingerprint density at radius 1 is 1.10 bits per heavy atom. The van der Waals surface area contributed by atoms with E-state index in [2.05, 4.69) is 10.0 Å². The normalized spacial score (nSPS) is 10.6. The van der Waals surface area contributed by atoms with E-state index in [9.17, 15) is 13.2 Å². The number of nitrogens with two attached hydrogens (primary N) is 1. The average Bonchev–Trinajstić information content (AvgIpc) is 2.75. The van der Waals surface area contributed by atoms with E-state index < -0.39 is 10.0 Å². The Kier molecular flexibility index (Phi) is 10.3. The van der Waals surface area contributed by atoms with Crippen molar-refractivity contribution >= 4 is 34.2 Å². The molecule has 0 saturated heterocycles. The van der Waals surface area contributed by atoms with Crippen molar-refractivity contribution in [3.8, 4) is 11.5 Å². The van der Waals surface area contributed by atoms with Gasteiger partial charge in [0, 0.05) is 25.1 Å². The zero-order valence-corrected chi connectivity index (χ0v) is 18.9. The van der Waals surface area contributed by atoms with Gasteiger partial charge in [-0.1, -0.05) is 18.2 Å². The van der Waals surface area contributed by atoms with Crippen molar-refractivity contribution < 1.29 is 22.7 Å². The van der Waals surface area contributed by atoms with Crippen molar-refractivity contribution in [2.45, 2.75) is 24.3 Å². The van der Waals surface area contributed by atoms with E-state index >= 15 is 0 Å². The molecule has 0 aliphatic heterocycles. The molecule has 9 nitrogen and oxygen atoms in total. The molecule has 0 aliphatic carbocycles. The fourth-order valence-electron chi connectivity index (χ4n) is 2.65. The van der Waals surface area contributed by atoms with Crippen LogP contribution in [0, 0.1) is 5.41 Å². The lowest BCUT2D eigenvalue weighted by molar-refractivity contribution is -0.121. The molecule has 2 aromatic carbocycles. The van der Waals surface area contributed by atoms with Gasteiger partial charge in [-0.05, 0) is 36.2 Å². The maximum Gasteiger partial charge on any atom is 0.240 e. The van der Waals surface area contributed by atoms with Crippen LogP contribution in [-0.2, 0) is 21.4 Å². The van der Waals surface area contributed by atoms with Crippen molar-refractivity contribution in [2.24, 2.45) is 5.73 Å². The number of benzene rings is 2. The summed E-state index contributed by atoms with van der Waals surface area (Å²) in [5.74, 6) is 0.780. The Morgan fingerprint density at radius 2 is 1.81 bits per heavy atom. The number of hydrogen-bond acceptors (Lipinski definition) is 6. The topological polar surface area (TPSA) is 144 Å². The Labute approximate surface area is 188 Å². The van der Waals surface area contributed by atoms with Crippen LogP contribution >= 0.6 is 12.4 Å². The monoisotopic (exact) mass is 470 g/mol. The number of carbonyl (C=O) groups excluding carboxylic acids is 1. The molecule has 0 fully saturated rings. The zero-order valence-electron chi connectivity index (χ0n) is 17.3. The van der Waals surface area contributed by atoms with Crippen LogP contribution in [-0.4, -0.2) is 40.9 Å². The number of hydrogen-bond donors (Lipinski definition) is 4. The van der Waals surface area contributed by atoms with E-state index in [0.29, 0.717) is 30.0 Å². The molecule has 11 heteroatoms. The summed E-state index contributed by atoms with van der Waals surface area (Å²) in [5, 5.41) is 10.2. The van der Waals surface area contributed by atoms with Gasteiger partial charge >= 0.3 is 0 Å². The number of sulfonamides is 1. The van der Waals surface area contributed by atoms with E-state index in [1.165, 1.54) is 25.3 Å². The van der Waals surface area contributed by atoms with Crippen LogP contribution < -0.4 is 25.2 Å². The number of amidine groups is 1. The van der Waals surface area contributed by atoms with E-state index in [-0.39, 0.29) is 42.0 Å². The van der Waals surface area contributed by atoms with Gasteiger partial charge in [-0.2, -0.15) is 0 Å². The molecular weight excluding hydrogens is 444 g/mol. The third kappa shape index (κ3) is 7.74. The summed E-state index contributed by atoms with van der Waals surface area (Å²) in [6.07, 6.45) is 0.507. The lowest BCUT2D eigenvalue weighted by atomic mass is 10.2. The second-order valence-electron chi connectivity index (χ2n) is 6.41. The first-order chi connectivity index (χ1) is 14.3. The van der Waals surface area contributed by atoms with E-state index in [1.807, 2.05) is 6.07 Å². The molecule has 0 saturated carbocycles. The third-order valence-corrected chi connectivity index (χ3v) is 5.72. The highest BCUT2D eigenvalue weighted by Crippen LogP contribution is 2.27. The van der Waals surface area contributed by atoms with Crippen LogP contribution in [0.25, 0.3) is 0 Å². The highest BCUT2D eigenvalue weighted by Gasteiger charge is 2.14. The van der Waals surface area contributed by atoms with Crippen molar-refractivity contribution in [3.63, 3.8) is 0 Å². The van der Waals surface area contributed by atoms with Crippen LogP contribution in [0.2, 0.25) is 0 Å². The number of nitrogens with one attached hydrogen (secondary N) is 3. The van der Waals surface area contributed by atoms with Gasteiger partial charge in [0.05, 0.1) is 19.1 Å². The highest BCUT2D eigenvalue weighted by molar-refractivity contribution is 7.89. The van der Waals surface area contributed by atoms with Gasteiger partial charge in [0.2, 0.25) is 15.9 Å². The van der Waals surface area contributed by atoms with Crippen LogP contribution in [0.15, 0.2) is 47.4 Å². The summed E-state index contributed by atoms with van der Waals surface area (Å²) >= 11 is 0. The van der Waals surface area contributed by atoms with Gasteiger partial charge in [0.15, 0.2) is 11.5 Å². The summed E-state index contributed by atoms with van der Waals surface area (Å²) in [5.41, 5.74) is 6.57. The number of nitrogen functional groups attached to an aromatic ring is 1. The zero-order chi connectivity index (χ0) is 22.1. The molecule has 1 amide bonds. The van der Waals surface area contributed by atoms with E-state index in [1.54, 1.807) is 25.3 Å².